The molecule has 1 amide bonds. The van der Waals surface area contributed by atoms with Crippen LogP contribution in [0.5, 0.6) is 0 Å². The van der Waals surface area contributed by atoms with Crippen molar-refractivity contribution in [2.45, 2.75) is 44.7 Å². The Bertz CT molecular complexity index is 615. The van der Waals surface area contributed by atoms with Crippen molar-refractivity contribution in [1.29, 1.82) is 5.26 Å². The molecule has 0 spiro atoms. The third-order valence-electron chi connectivity index (χ3n) is 4.24. The third-order valence-corrected chi connectivity index (χ3v) is 4.73. The molecule has 0 heterocycles. The van der Waals surface area contributed by atoms with E-state index in [0.29, 0.717) is 6.54 Å². The minimum atomic E-state index is -0.193. The van der Waals surface area contributed by atoms with Gasteiger partial charge in [-0.25, -0.2) is 0 Å². The van der Waals surface area contributed by atoms with Gasteiger partial charge in [0.15, 0.2) is 0 Å². The van der Waals surface area contributed by atoms with E-state index in [2.05, 4.69) is 21.2 Å². The number of benzene rings is 1. The molecular formula is C18H22BrN3O. The van der Waals surface area contributed by atoms with Crippen LogP contribution < -0.4 is 5.32 Å². The molecule has 1 saturated carbocycles. The van der Waals surface area contributed by atoms with E-state index in [1.165, 1.54) is 12.6 Å². The monoisotopic (exact) mass is 375 g/mol. The maximum absolute atomic E-state index is 12.5. The zero-order chi connectivity index (χ0) is 16.7. The van der Waals surface area contributed by atoms with Crippen molar-refractivity contribution >= 4 is 21.8 Å². The molecule has 1 aromatic rings. The number of halogens is 1. The first-order valence-corrected chi connectivity index (χ1v) is 8.76. The SMILES string of the molecule is CN(C(=O)/C(C#N)=C\NCc1cccc(Br)c1)C1CCCCC1. The molecule has 4 nitrogen and oxygen atoms in total. The summed E-state index contributed by atoms with van der Waals surface area (Å²) in [5, 5.41) is 12.3. The number of amides is 1. The first-order valence-electron chi connectivity index (χ1n) is 7.97. The Balaban J connectivity index is 1.94. The topological polar surface area (TPSA) is 56.1 Å². The second-order valence-corrected chi connectivity index (χ2v) is 6.80. The van der Waals surface area contributed by atoms with E-state index in [9.17, 15) is 10.1 Å². The minimum absolute atomic E-state index is 0.160. The summed E-state index contributed by atoms with van der Waals surface area (Å²) in [6, 6.07) is 10.2. The Hall–Kier alpha value is -1.80. The molecule has 23 heavy (non-hydrogen) atoms. The predicted octanol–water partition coefficient (Wildman–Crippen LogP) is 3.74. The zero-order valence-electron chi connectivity index (χ0n) is 13.4. The quantitative estimate of drug-likeness (QED) is 0.629. The molecule has 0 radical (unpaired) electrons. The molecule has 0 atom stereocenters. The number of carbonyl (C=O) groups is 1. The molecular weight excluding hydrogens is 354 g/mol. The van der Waals surface area contributed by atoms with Crippen molar-refractivity contribution in [3.63, 3.8) is 0 Å². The van der Waals surface area contributed by atoms with E-state index in [4.69, 9.17) is 0 Å². The Morgan fingerprint density at radius 1 is 1.43 bits per heavy atom. The van der Waals surface area contributed by atoms with Gasteiger partial charge >= 0.3 is 0 Å². The number of carbonyl (C=O) groups excluding carboxylic acids is 1. The lowest BCUT2D eigenvalue weighted by atomic mass is 9.94. The summed E-state index contributed by atoms with van der Waals surface area (Å²) >= 11 is 3.43. The maximum atomic E-state index is 12.5. The number of nitriles is 1. The van der Waals surface area contributed by atoms with E-state index < -0.39 is 0 Å². The maximum Gasteiger partial charge on any atom is 0.265 e. The molecule has 0 aromatic heterocycles. The first kappa shape index (κ1) is 17.6. The number of hydrogen-bond acceptors (Lipinski definition) is 3. The molecule has 0 aliphatic heterocycles. The summed E-state index contributed by atoms with van der Waals surface area (Å²) in [5.41, 5.74) is 1.24. The van der Waals surface area contributed by atoms with Crippen molar-refractivity contribution in [2.75, 3.05) is 7.05 Å². The number of rotatable bonds is 5. The van der Waals surface area contributed by atoms with Gasteiger partial charge in [-0.05, 0) is 30.5 Å². The second kappa shape index (κ2) is 8.73. The van der Waals surface area contributed by atoms with Gasteiger partial charge in [0, 0.05) is 30.3 Å². The Labute approximate surface area is 146 Å². The van der Waals surface area contributed by atoms with E-state index in [1.54, 1.807) is 11.9 Å². The fourth-order valence-electron chi connectivity index (χ4n) is 2.88. The van der Waals surface area contributed by atoms with Crippen LogP contribution in [0.25, 0.3) is 0 Å². The van der Waals surface area contributed by atoms with Crippen LogP contribution in [-0.4, -0.2) is 23.9 Å². The highest BCUT2D eigenvalue weighted by Gasteiger charge is 2.24. The summed E-state index contributed by atoms with van der Waals surface area (Å²) in [6.07, 6.45) is 7.17. The first-order chi connectivity index (χ1) is 11.1. The molecule has 1 N–H and O–H groups in total. The Morgan fingerprint density at radius 2 is 2.17 bits per heavy atom. The van der Waals surface area contributed by atoms with Crippen LogP contribution in [-0.2, 0) is 11.3 Å². The summed E-state index contributed by atoms with van der Waals surface area (Å²) in [7, 11) is 1.80. The van der Waals surface area contributed by atoms with Crippen molar-refractivity contribution in [3.8, 4) is 6.07 Å². The number of nitrogens with zero attached hydrogens (tertiary/aromatic N) is 2. The molecule has 1 aromatic carbocycles. The van der Waals surface area contributed by atoms with Gasteiger partial charge in [0.25, 0.3) is 5.91 Å². The van der Waals surface area contributed by atoms with Crippen LogP contribution in [0, 0.1) is 11.3 Å². The molecule has 2 rings (SSSR count). The van der Waals surface area contributed by atoms with Gasteiger partial charge in [0.2, 0.25) is 0 Å². The number of hydrogen-bond donors (Lipinski definition) is 1. The van der Waals surface area contributed by atoms with Gasteiger partial charge in [0.05, 0.1) is 0 Å². The predicted molar refractivity (Wildman–Crippen MR) is 94.3 cm³/mol. The highest BCUT2D eigenvalue weighted by Crippen LogP contribution is 2.22. The molecule has 5 heteroatoms. The molecule has 0 saturated heterocycles. The van der Waals surface area contributed by atoms with Crippen LogP contribution in [0.3, 0.4) is 0 Å². The molecule has 0 bridgehead atoms. The van der Waals surface area contributed by atoms with Crippen molar-refractivity contribution in [3.05, 3.63) is 46.1 Å². The van der Waals surface area contributed by atoms with E-state index >= 15 is 0 Å². The molecule has 1 fully saturated rings. The molecule has 0 unspecified atom stereocenters. The summed E-state index contributed by atoms with van der Waals surface area (Å²) < 4.78 is 1.01. The van der Waals surface area contributed by atoms with E-state index in [0.717, 1.165) is 35.7 Å². The van der Waals surface area contributed by atoms with Gasteiger partial charge in [-0.15, -0.1) is 0 Å². The third kappa shape index (κ3) is 5.11. The smallest absolute Gasteiger partial charge is 0.265 e. The average Bonchev–Trinajstić information content (AvgIpc) is 2.58. The van der Waals surface area contributed by atoms with Crippen LogP contribution in [0.1, 0.15) is 37.7 Å². The van der Waals surface area contributed by atoms with E-state index in [-0.39, 0.29) is 17.5 Å². The number of likely N-dealkylation sites (N-methyl/N-ethyl adjacent to an activating group) is 1. The van der Waals surface area contributed by atoms with Crippen molar-refractivity contribution in [1.82, 2.24) is 10.2 Å². The zero-order valence-corrected chi connectivity index (χ0v) is 15.0. The van der Waals surface area contributed by atoms with Crippen molar-refractivity contribution in [2.24, 2.45) is 0 Å². The van der Waals surface area contributed by atoms with Gasteiger partial charge in [-0.3, -0.25) is 4.79 Å². The lowest BCUT2D eigenvalue weighted by Gasteiger charge is -2.31. The largest absolute Gasteiger partial charge is 0.386 e. The fraction of sp³-hybridized carbons (Fsp3) is 0.444. The molecule has 1 aliphatic rings. The minimum Gasteiger partial charge on any atom is -0.386 e. The standard InChI is InChI=1S/C18H22BrN3O/c1-22(17-8-3-2-4-9-17)18(23)15(11-20)13-21-12-14-6-5-7-16(19)10-14/h5-7,10,13,17,21H,2-4,8-9,12H2,1H3/b15-13-. The van der Waals surface area contributed by atoms with Gasteiger partial charge in [-0.1, -0.05) is 47.3 Å². The Kier molecular flexibility index (Phi) is 6.66. The fourth-order valence-corrected chi connectivity index (χ4v) is 3.33. The van der Waals surface area contributed by atoms with Crippen LogP contribution in [0.4, 0.5) is 0 Å². The summed E-state index contributed by atoms with van der Waals surface area (Å²) in [6.45, 7) is 0.574. The second-order valence-electron chi connectivity index (χ2n) is 5.89. The lowest BCUT2D eigenvalue weighted by Crippen LogP contribution is -2.39. The molecule has 1 aliphatic carbocycles. The van der Waals surface area contributed by atoms with Crippen LogP contribution in [0.15, 0.2) is 40.5 Å². The number of nitrogens with one attached hydrogen (secondary N) is 1. The lowest BCUT2D eigenvalue weighted by molar-refractivity contribution is -0.128. The highest BCUT2D eigenvalue weighted by molar-refractivity contribution is 9.10. The molecule has 122 valence electrons. The normalized spacial score (nSPS) is 15.8. The average molecular weight is 376 g/mol. The Morgan fingerprint density at radius 3 is 2.83 bits per heavy atom. The van der Waals surface area contributed by atoms with Gasteiger partial charge in [-0.2, -0.15) is 5.26 Å². The van der Waals surface area contributed by atoms with Gasteiger partial charge < -0.3 is 10.2 Å². The summed E-state index contributed by atoms with van der Waals surface area (Å²) in [4.78, 5) is 14.2. The van der Waals surface area contributed by atoms with Crippen molar-refractivity contribution < 1.29 is 4.79 Å². The van der Waals surface area contributed by atoms with Crippen LogP contribution in [0.2, 0.25) is 0 Å². The highest BCUT2D eigenvalue weighted by atomic mass is 79.9. The van der Waals surface area contributed by atoms with Crippen LogP contribution >= 0.6 is 15.9 Å². The van der Waals surface area contributed by atoms with E-state index in [1.807, 2.05) is 30.3 Å². The summed E-state index contributed by atoms with van der Waals surface area (Å²) in [5.74, 6) is -0.193. The van der Waals surface area contributed by atoms with Gasteiger partial charge in [0.1, 0.15) is 11.6 Å².